The highest BCUT2D eigenvalue weighted by Gasteiger charge is 2.56. The molecule has 108 valence electrons. The SMILES string of the molecule is CN(CC1(N(C)C)CCC1)C(=O)C1(C(N)=NO)CC1. The third-order valence-electron chi connectivity index (χ3n) is 4.87. The summed E-state index contributed by atoms with van der Waals surface area (Å²) >= 11 is 0. The summed E-state index contributed by atoms with van der Waals surface area (Å²) in [5, 5.41) is 11.8. The van der Waals surface area contributed by atoms with Crippen LogP contribution < -0.4 is 5.73 Å². The van der Waals surface area contributed by atoms with Crippen LogP contribution in [0.2, 0.25) is 0 Å². The zero-order chi connectivity index (χ0) is 14.3. The van der Waals surface area contributed by atoms with Gasteiger partial charge in [0.25, 0.3) is 0 Å². The molecule has 0 aliphatic heterocycles. The van der Waals surface area contributed by atoms with Crippen LogP contribution in [0.3, 0.4) is 0 Å². The molecule has 0 aromatic heterocycles. The fourth-order valence-corrected chi connectivity index (χ4v) is 3.01. The van der Waals surface area contributed by atoms with Crippen molar-refractivity contribution in [1.29, 1.82) is 0 Å². The van der Waals surface area contributed by atoms with Crippen molar-refractivity contribution in [2.24, 2.45) is 16.3 Å². The van der Waals surface area contributed by atoms with Gasteiger partial charge in [-0.15, -0.1) is 0 Å². The van der Waals surface area contributed by atoms with Crippen LogP contribution in [-0.2, 0) is 4.79 Å². The Bertz CT molecular complexity index is 397. The van der Waals surface area contributed by atoms with Gasteiger partial charge in [-0.1, -0.05) is 5.16 Å². The molecule has 0 spiro atoms. The van der Waals surface area contributed by atoms with E-state index in [1.54, 1.807) is 4.90 Å². The average molecular weight is 268 g/mol. The summed E-state index contributed by atoms with van der Waals surface area (Å²) in [5.41, 5.74) is 5.03. The Morgan fingerprint density at radius 2 is 1.84 bits per heavy atom. The zero-order valence-corrected chi connectivity index (χ0v) is 12.0. The zero-order valence-electron chi connectivity index (χ0n) is 12.0. The quantitative estimate of drug-likeness (QED) is 0.328. The first-order valence-electron chi connectivity index (χ1n) is 6.79. The lowest BCUT2D eigenvalue weighted by Crippen LogP contribution is -2.58. The minimum atomic E-state index is -0.735. The minimum absolute atomic E-state index is 0.0177. The van der Waals surface area contributed by atoms with E-state index in [1.807, 2.05) is 7.05 Å². The van der Waals surface area contributed by atoms with E-state index >= 15 is 0 Å². The fourth-order valence-electron chi connectivity index (χ4n) is 3.01. The molecule has 1 amide bonds. The Labute approximate surface area is 114 Å². The van der Waals surface area contributed by atoms with Crippen LogP contribution in [0.4, 0.5) is 0 Å². The summed E-state index contributed by atoms with van der Waals surface area (Å²) in [6, 6.07) is 0. The highest BCUT2D eigenvalue weighted by atomic mass is 16.4. The molecule has 0 radical (unpaired) electrons. The highest BCUT2D eigenvalue weighted by molar-refractivity contribution is 6.09. The van der Waals surface area contributed by atoms with Gasteiger partial charge in [0.15, 0.2) is 5.84 Å². The molecule has 0 aromatic rings. The Hall–Kier alpha value is -1.30. The second kappa shape index (κ2) is 4.67. The first-order chi connectivity index (χ1) is 8.88. The predicted octanol–water partition coefficient (Wildman–Crippen LogP) is 0.456. The molecule has 0 heterocycles. The summed E-state index contributed by atoms with van der Waals surface area (Å²) in [6.45, 7) is 0.708. The molecule has 2 saturated carbocycles. The lowest BCUT2D eigenvalue weighted by atomic mass is 9.75. The van der Waals surface area contributed by atoms with Gasteiger partial charge in [-0.25, -0.2) is 0 Å². The van der Waals surface area contributed by atoms with Gasteiger partial charge < -0.3 is 20.7 Å². The number of nitrogens with zero attached hydrogens (tertiary/aromatic N) is 3. The molecule has 0 bridgehead atoms. The van der Waals surface area contributed by atoms with Crippen LogP contribution in [0.15, 0.2) is 5.16 Å². The minimum Gasteiger partial charge on any atom is -0.409 e. The molecular formula is C13H24N4O2. The summed E-state index contributed by atoms with van der Waals surface area (Å²) in [5.74, 6) is 0.0350. The molecular weight excluding hydrogens is 244 g/mol. The van der Waals surface area contributed by atoms with E-state index in [4.69, 9.17) is 10.9 Å². The Morgan fingerprint density at radius 3 is 2.16 bits per heavy atom. The van der Waals surface area contributed by atoms with Crippen LogP contribution >= 0.6 is 0 Å². The summed E-state index contributed by atoms with van der Waals surface area (Å²) in [7, 11) is 5.94. The topological polar surface area (TPSA) is 82.2 Å². The van der Waals surface area contributed by atoms with Gasteiger partial charge in [0.05, 0.1) is 0 Å². The van der Waals surface area contributed by atoms with Crippen molar-refractivity contribution >= 4 is 11.7 Å². The smallest absolute Gasteiger partial charge is 0.236 e. The van der Waals surface area contributed by atoms with Crippen molar-refractivity contribution in [2.45, 2.75) is 37.6 Å². The lowest BCUT2D eigenvalue weighted by molar-refractivity contribution is -0.136. The molecule has 2 aliphatic carbocycles. The van der Waals surface area contributed by atoms with Crippen LogP contribution in [0.1, 0.15) is 32.1 Å². The number of nitrogens with two attached hydrogens (primary N) is 1. The third-order valence-corrected chi connectivity index (χ3v) is 4.87. The van der Waals surface area contributed by atoms with E-state index in [-0.39, 0.29) is 17.3 Å². The van der Waals surface area contributed by atoms with Crippen LogP contribution in [0.5, 0.6) is 0 Å². The fraction of sp³-hybridized carbons (Fsp3) is 0.846. The van der Waals surface area contributed by atoms with Crippen molar-refractivity contribution < 1.29 is 10.0 Å². The molecule has 0 atom stereocenters. The first kappa shape index (κ1) is 14.1. The highest BCUT2D eigenvalue weighted by Crippen LogP contribution is 2.48. The van der Waals surface area contributed by atoms with E-state index in [0.717, 1.165) is 12.8 Å². The van der Waals surface area contributed by atoms with E-state index in [0.29, 0.717) is 19.4 Å². The van der Waals surface area contributed by atoms with Gasteiger partial charge in [0, 0.05) is 19.1 Å². The second-order valence-electron chi connectivity index (χ2n) is 6.20. The second-order valence-corrected chi connectivity index (χ2v) is 6.20. The normalized spacial score (nSPS) is 23.9. The Balaban J connectivity index is 2.05. The average Bonchev–Trinajstić information content (AvgIpc) is 3.12. The number of hydrogen-bond donors (Lipinski definition) is 2. The summed E-state index contributed by atoms with van der Waals surface area (Å²) in [4.78, 5) is 16.5. The monoisotopic (exact) mass is 268 g/mol. The van der Waals surface area contributed by atoms with Crippen molar-refractivity contribution in [1.82, 2.24) is 9.80 Å². The number of amides is 1. The van der Waals surface area contributed by atoms with Crippen LogP contribution in [0, 0.1) is 5.41 Å². The number of carbonyl (C=O) groups excluding carboxylic acids is 1. The van der Waals surface area contributed by atoms with Gasteiger partial charge in [0.1, 0.15) is 5.41 Å². The summed E-state index contributed by atoms with van der Waals surface area (Å²) in [6.07, 6.45) is 4.82. The van der Waals surface area contributed by atoms with Gasteiger partial charge in [-0.3, -0.25) is 4.79 Å². The predicted molar refractivity (Wildman–Crippen MR) is 73.0 cm³/mol. The van der Waals surface area contributed by atoms with E-state index in [9.17, 15) is 4.79 Å². The molecule has 6 heteroatoms. The molecule has 2 aliphatic rings. The van der Waals surface area contributed by atoms with Gasteiger partial charge in [-0.2, -0.15) is 0 Å². The van der Waals surface area contributed by atoms with Crippen molar-refractivity contribution in [2.75, 3.05) is 27.7 Å². The maximum absolute atomic E-state index is 12.5. The maximum Gasteiger partial charge on any atom is 0.236 e. The number of carbonyl (C=O) groups is 1. The number of hydrogen-bond acceptors (Lipinski definition) is 4. The molecule has 3 N–H and O–H groups in total. The third kappa shape index (κ3) is 2.18. The van der Waals surface area contributed by atoms with Gasteiger partial charge in [-0.05, 0) is 46.2 Å². The Morgan fingerprint density at radius 1 is 1.26 bits per heavy atom. The standard InChI is InChI=1S/C13H24N4O2/c1-16(2)12(5-4-6-12)9-17(3)11(18)13(7-8-13)10(14)15-19/h19H,4-9H2,1-3H3,(H2,14,15). The molecule has 0 unspecified atom stereocenters. The number of oxime groups is 1. The Kier molecular flexibility index (Phi) is 3.47. The lowest BCUT2D eigenvalue weighted by Gasteiger charge is -2.49. The maximum atomic E-state index is 12.5. The largest absolute Gasteiger partial charge is 0.409 e. The van der Waals surface area contributed by atoms with Crippen LogP contribution in [0.25, 0.3) is 0 Å². The first-order valence-corrected chi connectivity index (χ1v) is 6.79. The van der Waals surface area contributed by atoms with Gasteiger partial charge >= 0.3 is 0 Å². The van der Waals surface area contributed by atoms with Gasteiger partial charge in [0.2, 0.25) is 5.91 Å². The number of amidine groups is 1. The molecule has 0 saturated heterocycles. The molecule has 0 aromatic carbocycles. The van der Waals surface area contributed by atoms with Crippen molar-refractivity contribution in [3.63, 3.8) is 0 Å². The van der Waals surface area contributed by atoms with Crippen molar-refractivity contribution in [3.05, 3.63) is 0 Å². The molecule has 2 fully saturated rings. The van der Waals surface area contributed by atoms with E-state index in [1.165, 1.54) is 6.42 Å². The summed E-state index contributed by atoms with van der Waals surface area (Å²) < 4.78 is 0. The van der Waals surface area contributed by atoms with Crippen molar-refractivity contribution in [3.8, 4) is 0 Å². The molecule has 2 rings (SSSR count). The number of rotatable bonds is 5. The van der Waals surface area contributed by atoms with E-state index in [2.05, 4.69) is 24.2 Å². The molecule has 19 heavy (non-hydrogen) atoms. The number of likely N-dealkylation sites (N-methyl/N-ethyl adjacent to an activating group) is 2. The van der Waals surface area contributed by atoms with E-state index < -0.39 is 5.41 Å². The van der Waals surface area contributed by atoms with Crippen LogP contribution in [-0.4, -0.2) is 60.0 Å². The molecule has 6 nitrogen and oxygen atoms in total.